The summed E-state index contributed by atoms with van der Waals surface area (Å²) in [6.07, 6.45) is 1.97. The highest BCUT2D eigenvalue weighted by Gasteiger charge is 2.03. The number of rotatable bonds is 3. The molecule has 18 heavy (non-hydrogen) atoms. The van der Waals surface area contributed by atoms with E-state index >= 15 is 0 Å². The fourth-order valence-electron chi connectivity index (χ4n) is 1.98. The van der Waals surface area contributed by atoms with E-state index in [-0.39, 0.29) is 0 Å². The smallest absolute Gasteiger partial charge is 0.0429 e. The molecule has 0 aliphatic heterocycles. The molecule has 0 aliphatic carbocycles. The zero-order valence-electron chi connectivity index (χ0n) is 11.6. The summed E-state index contributed by atoms with van der Waals surface area (Å²) in [5.74, 6) is 1.07. The Hall–Kier alpha value is -1.63. The van der Waals surface area contributed by atoms with E-state index in [2.05, 4.69) is 69.1 Å². The van der Waals surface area contributed by atoms with Crippen molar-refractivity contribution in [1.82, 2.24) is 4.98 Å². The molecule has 0 aliphatic rings. The molecule has 0 bridgehead atoms. The molecule has 0 saturated heterocycles. The lowest BCUT2D eigenvalue weighted by atomic mass is 9.99. The highest BCUT2D eigenvalue weighted by atomic mass is 14.7. The van der Waals surface area contributed by atoms with Gasteiger partial charge in [0.15, 0.2) is 0 Å². The van der Waals surface area contributed by atoms with Crippen LogP contribution in [0.25, 0.3) is 11.1 Å². The second kappa shape index (κ2) is 5.34. The number of benzene rings is 1. The molecule has 1 heterocycles. The van der Waals surface area contributed by atoms with Crippen molar-refractivity contribution in [3.8, 4) is 11.1 Å². The Morgan fingerprint density at radius 2 is 1.33 bits per heavy atom. The van der Waals surface area contributed by atoms with Crippen LogP contribution in [0.4, 0.5) is 0 Å². The molecule has 0 amide bonds. The Morgan fingerprint density at radius 1 is 0.722 bits per heavy atom. The molecule has 2 aromatic rings. The van der Waals surface area contributed by atoms with Crippen molar-refractivity contribution >= 4 is 0 Å². The molecule has 1 aromatic heterocycles. The Labute approximate surface area is 110 Å². The minimum atomic E-state index is 0.488. The summed E-state index contributed by atoms with van der Waals surface area (Å²) in [5.41, 5.74) is 4.96. The van der Waals surface area contributed by atoms with Crippen molar-refractivity contribution in [2.24, 2.45) is 0 Å². The lowest BCUT2D eigenvalue weighted by Crippen LogP contribution is -1.92. The molecule has 0 radical (unpaired) electrons. The van der Waals surface area contributed by atoms with Gasteiger partial charge in [-0.3, -0.25) is 4.98 Å². The van der Waals surface area contributed by atoms with Crippen LogP contribution in [-0.2, 0) is 0 Å². The summed E-state index contributed by atoms with van der Waals surface area (Å²) in [6, 6.07) is 13.1. The van der Waals surface area contributed by atoms with Crippen molar-refractivity contribution in [2.75, 3.05) is 0 Å². The van der Waals surface area contributed by atoms with Crippen molar-refractivity contribution in [3.63, 3.8) is 0 Å². The first-order valence-corrected chi connectivity index (χ1v) is 6.64. The summed E-state index contributed by atoms with van der Waals surface area (Å²) in [5, 5.41) is 0. The Kier molecular flexibility index (Phi) is 3.81. The third kappa shape index (κ3) is 2.79. The average molecular weight is 239 g/mol. The molecule has 0 N–H and O–H groups in total. The van der Waals surface area contributed by atoms with Gasteiger partial charge in [0.25, 0.3) is 0 Å². The third-order valence-electron chi connectivity index (χ3n) is 3.29. The summed E-state index contributed by atoms with van der Waals surface area (Å²) in [4.78, 5) is 4.51. The molecular weight excluding hydrogens is 218 g/mol. The van der Waals surface area contributed by atoms with Gasteiger partial charge in [-0.15, -0.1) is 0 Å². The molecule has 0 atom stereocenters. The number of nitrogens with zero attached hydrogens (tertiary/aromatic N) is 1. The van der Waals surface area contributed by atoms with Crippen LogP contribution in [0.1, 0.15) is 50.8 Å². The fourth-order valence-corrected chi connectivity index (χ4v) is 1.98. The molecule has 1 aromatic carbocycles. The molecule has 94 valence electrons. The van der Waals surface area contributed by atoms with Gasteiger partial charge in [-0.2, -0.15) is 0 Å². The minimum Gasteiger partial charge on any atom is -0.260 e. The molecular formula is C17H21N. The molecule has 2 rings (SSSR count). The number of hydrogen-bond donors (Lipinski definition) is 0. The van der Waals surface area contributed by atoms with E-state index in [0.717, 1.165) is 5.69 Å². The SMILES string of the molecule is CC(C)c1ccc(-c2ccc(C(C)C)nc2)cc1. The maximum atomic E-state index is 4.51. The summed E-state index contributed by atoms with van der Waals surface area (Å²) in [6.45, 7) is 8.76. The first-order chi connectivity index (χ1) is 8.58. The quantitative estimate of drug-likeness (QED) is 0.735. The number of aromatic nitrogens is 1. The van der Waals surface area contributed by atoms with Crippen LogP contribution >= 0.6 is 0 Å². The largest absolute Gasteiger partial charge is 0.260 e. The monoisotopic (exact) mass is 239 g/mol. The van der Waals surface area contributed by atoms with Crippen LogP contribution in [-0.4, -0.2) is 4.98 Å². The number of pyridine rings is 1. The first kappa shape index (κ1) is 12.8. The van der Waals surface area contributed by atoms with Gasteiger partial charge in [0.1, 0.15) is 0 Å². The normalized spacial score (nSPS) is 11.2. The first-order valence-electron chi connectivity index (χ1n) is 6.64. The number of hydrogen-bond acceptors (Lipinski definition) is 1. The topological polar surface area (TPSA) is 12.9 Å². The van der Waals surface area contributed by atoms with E-state index in [1.54, 1.807) is 0 Å². The van der Waals surface area contributed by atoms with Crippen molar-refractivity contribution < 1.29 is 0 Å². The van der Waals surface area contributed by atoms with Gasteiger partial charge < -0.3 is 0 Å². The van der Waals surface area contributed by atoms with E-state index in [1.165, 1.54) is 16.7 Å². The zero-order chi connectivity index (χ0) is 13.1. The molecule has 0 fully saturated rings. The summed E-state index contributed by atoms with van der Waals surface area (Å²) in [7, 11) is 0. The predicted octanol–water partition coefficient (Wildman–Crippen LogP) is 5.00. The second-order valence-electron chi connectivity index (χ2n) is 5.40. The van der Waals surface area contributed by atoms with Gasteiger partial charge in [0, 0.05) is 17.5 Å². The van der Waals surface area contributed by atoms with Gasteiger partial charge in [-0.05, 0) is 29.0 Å². The van der Waals surface area contributed by atoms with Gasteiger partial charge >= 0.3 is 0 Å². The van der Waals surface area contributed by atoms with Gasteiger partial charge in [-0.25, -0.2) is 0 Å². The van der Waals surface area contributed by atoms with Crippen LogP contribution in [0.2, 0.25) is 0 Å². The third-order valence-corrected chi connectivity index (χ3v) is 3.29. The Balaban J connectivity index is 2.25. The summed E-state index contributed by atoms with van der Waals surface area (Å²) >= 11 is 0. The van der Waals surface area contributed by atoms with Gasteiger partial charge in [0.2, 0.25) is 0 Å². The van der Waals surface area contributed by atoms with E-state index in [1.807, 2.05) is 6.20 Å². The molecule has 0 unspecified atom stereocenters. The maximum Gasteiger partial charge on any atom is 0.0429 e. The van der Waals surface area contributed by atoms with Crippen LogP contribution in [0.3, 0.4) is 0 Å². The van der Waals surface area contributed by atoms with Crippen molar-refractivity contribution in [1.29, 1.82) is 0 Å². The minimum absolute atomic E-state index is 0.488. The second-order valence-corrected chi connectivity index (χ2v) is 5.40. The zero-order valence-corrected chi connectivity index (χ0v) is 11.6. The van der Waals surface area contributed by atoms with Crippen LogP contribution in [0, 0.1) is 0 Å². The Bertz CT molecular complexity index is 443. The van der Waals surface area contributed by atoms with E-state index in [9.17, 15) is 0 Å². The van der Waals surface area contributed by atoms with Crippen LogP contribution in [0.5, 0.6) is 0 Å². The lowest BCUT2D eigenvalue weighted by Gasteiger charge is -2.08. The van der Waals surface area contributed by atoms with Crippen molar-refractivity contribution in [3.05, 3.63) is 53.9 Å². The van der Waals surface area contributed by atoms with E-state index < -0.39 is 0 Å². The highest BCUT2D eigenvalue weighted by Crippen LogP contribution is 2.23. The molecule has 0 saturated carbocycles. The fraction of sp³-hybridized carbons (Fsp3) is 0.353. The van der Waals surface area contributed by atoms with Crippen LogP contribution < -0.4 is 0 Å². The standard InChI is InChI=1S/C17H21N/c1-12(2)14-5-7-15(8-6-14)16-9-10-17(13(3)4)18-11-16/h5-13H,1-4H3. The Morgan fingerprint density at radius 3 is 1.78 bits per heavy atom. The molecule has 0 spiro atoms. The molecule has 1 nitrogen and oxygen atoms in total. The lowest BCUT2D eigenvalue weighted by molar-refractivity contribution is 0.823. The van der Waals surface area contributed by atoms with E-state index in [4.69, 9.17) is 0 Å². The van der Waals surface area contributed by atoms with Gasteiger partial charge in [-0.1, -0.05) is 58.0 Å². The van der Waals surface area contributed by atoms with Crippen molar-refractivity contribution in [2.45, 2.75) is 39.5 Å². The highest BCUT2D eigenvalue weighted by molar-refractivity contribution is 5.62. The van der Waals surface area contributed by atoms with Crippen LogP contribution in [0.15, 0.2) is 42.6 Å². The molecule has 1 heteroatoms. The van der Waals surface area contributed by atoms with Gasteiger partial charge in [0.05, 0.1) is 0 Å². The summed E-state index contributed by atoms with van der Waals surface area (Å²) < 4.78 is 0. The predicted molar refractivity (Wildman–Crippen MR) is 77.9 cm³/mol. The maximum absolute atomic E-state index is 4.51. The average Bonchev–Trinajstić information content (AvgIpc) is 2.39. The van der Waals surface area contributed by atoms with E-state index in [0.29, 0.717) is 11.8 Å².